The van der Waals surface area contributed by atoms with Gasteiger partial charge < -0.3 is 0 Å². The molecule has 0 radical (unpaired) electrons. The van der Waals surface area contributed by atoms with Gasteiger partial charge in [-0.15, -0.1) is 0 Å². The monoisotopic (exact) mass is 293 g/mol. The van der Waals surface area contributed by atoms with Gasteiger partial charge in [-0.1, -0.05) is 23.2 Å². The Morgan fingerprint density at radius 1 is 1.29 bits per heavy atom. The maximum absolute atomic E-state index is 12.0. The van der Waals surface area contributed by atoms with Crippen LogP contribution in [0.15, 0.2) is 18.2 Å². The van der Waals surface area contributed by atoms with E-state index in [1.165, 1.54) is 0 Å². The lowest BCUT2D eigenvalue weighted by Crippen LogP contribution is -2.34. The summed E-state index contributed by atoms with van der Waals surface area (Å²) in [6, 6.07) is 5.17. The molecule has 0 aromatic heterocycles. The molecule has 5 heteroatoms. The van der Waals surface area contributed by atoms with Gasteiger partial charge in [-0.2, -0.15) is 0 Å². The SMILES string of the molecule is CC(NS(=O)C(C)(C)C)c1cc(Cl)ccc1Cl. The summed E-state index contributed by atoms with van der Waals surface area (Å²) >= 11 is 12.0. The molecule has 0 aliphatic rings. The van der Waals surface area contributed by atoms with Crippen LogP contribution in [0.5, 0.6) is 0 Å². The summed E-state index contributed by atoms with van der Waals surface area (Å²) in [6.45, 7) is 7.68. The van der Waals surface area contributed by atoms with E-state index in [2.05, 4.69) is 4.72 Å². The Morgan fingerprint density at radius 3 is 2.41 bits per heavy atom. The summed E-state index contributed by atoms with van der Waals surface area (Å²) in [7, 11) is -1.13. The second-order valence-electron chi connectivity index (χ2n) is 4.89. The summed E-state index contributed by atoms with van der Waals surface area (Å²) in [6.07, 6.45) is 0. The molecule has 2 nitrogen and oxygen atoms in total. The molecule has 1 N–H and O–H groups in total. The zero-order valence-corrected chi connectivity index (χ0v) is 12.7. The van der Waals surface area contributed by atoms with Gasteiger partial charge in [0.05, 0.1) is 15.7 Å². The van der Waals surface area contributed by atoms with Crippen LogP contribution in [0.25, 0.3) is 0 Å². The lowest BCUT2D eigenvalue weighted by Gasteiger charge is -2.22. The first-order chi connectivity index (χ1) is 7.71. The van der Waals surface area contributed by atoms with Crippen molar-refractivity contribution in [2.45, 2.75) is 38.5 Å². The van der Waals surface area contributed by atoms with Crippen molar-refractivity contribution < 1.29 is 4.21 Å². The molecular formula is C12H17Cl2NOS. The second-order valence-corrected chi connectivity index (χ2v) is 7.73. The lowest BCUT2D eigenvalue weighted by molar-refractivity contribution is 0.616. The summed E-state index contributed by atoms with van der Waals surface area (Å²) in [4.78, 5) is 0. The molecule has 0 aliphatic carbocycles. The summed E-state index contributed by atoms with van der Waals surface area (Å²) in [5, 5.41) is 1.25. The van der Waals surface area contributed by atoms with Crippen LogP contribution >= 0.6 is 23.2 Å². The van der Waals surface area contributed by atoms with Crippen LogP contribution in [-0.4, -0.2) is 8.96 Å². The highest BCUT2D eigenvalue weighted by Gasteiger charge is 2.22. The maximum Gasteiger partial charge on any atom is 0.0975 e. The Morgan fingerprint density at radius 2 is 1.88 bits per heavy atom. The fourth-order valence-electron chi connectivity index (χ4n) is 1.25. The molecule has 1 rings (SSSR count). The molecule has 0 amide bonds. The topological polar surface area (TPSA) is 29.1 Å². The zero-order valence-electron chi connectivity index (χ0n) is 10.4. The molecule has 96 valence electrons. The van der Waals surface area contributed by atoms with Gasteiger partial charge in [0.15, 0.2) is 0 Å². The first kappa shape index (κ1) is 15.0. The van der Waals surface area contributed by atoms with Crippen LogP contribution < -0.4 is 4.72 Å². The van der Waals surface area contributed by atoms with Crippen LogP contribution in [-0.2, 0) is 11.0 Å². The molecule has 1 aromatic rings. The zero-order chi connectivity index (χ0) is 13.2. The number of hydrogen-bond donors (Lipinski definition) is 1. The van der Waals surface area contributed by atoms with Gasteiger partial charge in [-0.25, -0.2) is 8.93 Å². The Hall–Kier alpha value is -0.0900. The molecule has 0 bridgehead atoms. The first-order valence-corrected chi connectivity index (χ1v) is 7.25. The van der Waals surface area contributed by atoms with Crippen molar-refractivity contribution in [2.75, 3.05) is 0 Å². The van der Waals surface area contributed by atoms with Crippen LogP contribution in [0.1, 0.15) is 39.3 Å². The molecule has 2 unspecified atom stereocenters. The molecule has 0 fully saturated rings. The fraction of sp³-hybridized carbons (Fsp3) is 0.500. The Labute approximate surface area is 115 Å². The van der Waals surface area contributed by atoms with Crippen molar-refractivity contribution in [1.82, 2.24) is 4.72 Å². The van der Waals surface area contributed by atoms with Crippen molar-refractivity contribution in [3.05, 3.63) is 33.8 Å². The second kappa shape index (κ2) is 5.70. The van der Waals surface area contributed by atoms with Crippen LogP contribution in [0.2, 0.25) is 10.0 Å². The van der Waals surface area contributed by atoms with Gasteiger partial charge in [-0.3, -0.25) is 0 Å². The van der Waals surface area contributed by atoms with Gasteiger partial charge in [0.25, 0.3) is 0 Å². The van der Waals surface area contributed by atoms with Crippen molar-refractivity contribution in [2.24, 2.45) is 0 Å². The van der Waals surface area contributed by atoms with Gasteiger partial charge in [0, 0.05) is 16.1 Å². The third-order valence-electron chi connectivity index (χ3n) is 2.26. The van der Waals surface area contributed by atoms with E-state index in [-0.39, 0.29) is 10.8 Å². The molecule has 0 saturated heterocycles. The van der Waals surface area contributed by atoms with Crippen molar-refractivity contribution >= 4 is 34.2 Å². The lowest BCUT2D eigenvalue weighted by atomic mass is 10.1. The summed E-state index contributed by atoms with van der Waals surface area (Å²) < 4.78 is 14.7. The molecule has 0 spiro atoms. The molecular weight excluding hydrogens is 277 g/mol. The highest BCUT2D eigenvalue weighted by Crippen LogP contribution is 2.27. The summed E-state index contributed by atoms with van der Waals surface area (Å²) in [5.74, 6) is 0. The average Bonchev–Trinajstić information content (AvgIpc) is 2.20. The van der Waals surface area contributed by atoms with Gasteiger partial charge in [0.1, 0.15) is 0 Å². The van der Waals surface area contributed by atoms with Crippen LogP contribution in [0.3, 0.4) is 0 Å². The van der Waals surface area contributed by atoms with Crippen LogP contribution in [0.4, 0.5) is 0 Å². The fourth-order valence-corrected chi connectivity index (χ4v) is 2.51. The number of rotatable bonds is 3. The number of hydrogen-bond acceptors (Lipinski definition) is 1. The van der Waals surface area contributed by atoms with E-state index in [9.17, 15) is 4.21 Å². The minimum atomic E-state index is -1.13. The van der Waals surface area contributed by atoms with Crippen molar-refractivity contribution in [3.8, 4) is 0 Å². The highest BCUT2D eigenvalue weighted by molar-refractivity contribution is 7.84. The number of nitrogens with one attached hydrogen (secondary N) is 1. The first-order valence-electron chi connectivity index (χ1n) is 5.35. The smallest absolute Gasteiger partial charge is 0.0975 e. The highest BCUT2D eigenvalue weighted by atomic mass is 35.5. The van der Waals surface area contributed by atoms with Crippen molar-refractivity contribution in [1.29, 1.82) is 0 Å². The molecule has 0 saturated carbocycles. The predicted octanol–water partition coefficient (Wildman–Crippen LogP) is 4.11. The molecule has 1 aromatic carbocycles. The van der Waals surface area contributed by atoms with Crippen molar-refractivity contribution in [3.63, 3.8) is 0 Å². The quantitative estimate of drug-likeness (QED) is 0.893. The van der Waals surface area contributed by atoms with Crippen LogP contribution in [0, 0.1) is 0 Å². The van der Waals surface area contributed by atoms with Gasteiger partial charge in [-0.05, 0) is 51.5 Å². The minimum Gasteiger partial charge on any atom is -0.242 e. The van der Waals surface area contributed by atoms with E-state index in [4.69, 9.17) is 23.2 Å². The Balaban J connectivity index is 2.87. The third kappa shape index (κ3) is 4.25. The van der Waals surface area contributed by atoms with E-state index in [1.54, 1.807) is 18.2 Å². The van der Waals surface area contributed by atoms with E-state index in [0.29, 0.717) is 10.0 Å². The average molecular weight is 294 g/mol. The number of benzene rings is 1. The maximum atomic E-state index is 12.0. The predicted molar refractivity (Wildman–Crippen MR) is 75.9 cm³/mol. The Kier molecular flexibility index (Phi) is 5.02. The summed E-state index contributed by atoms with van der Waals surface area (Å²) in [5.41, 5.74) is 0.858. The molecule has 0 aliphatic heterocycles. The Bertz CT molecular complexity index is 429. The van der Waals surface area contributed by atoms with E-state index < -0.39 is 11.0 Å². The van der Waals surface area contributed by atoms with E-state index in [0.717, 1.165) is 5.56 Å². The number of halogens is 2. The molecule has 0 heterocycles. The molecule has 17 heavy (non-hydrogen) atoms. The van der Waals surface area contributed by atoms with Gasteiger partial charge >= 0.3 is 0 Å². The standard InChI is InChI=1S/C12H17Cl2NOS/c1-8(15-17(16)12(2,3)4)10-7-9(13)5-6-11(10)14/h5-8,15H,1-4H3. The molecule has 2 atom stereocenters. The normalized spacial score (nSPS) is 15.6. The third-order valence-corrected chi connectivity index (χ3v) is 4.52. The van der Waals surface area contributed by atoms with E-state index in [1.807, 2.05) is 27.7 Å². The van der Waals surface area contributed by atoms with E-state index >= 15 is 0 Å². The minimum absolute atomic E-state index is 0.110. The van der Waals surface area contributed by atoms with Gasteiger partial charge in [0.2, 0.25) is 0 Å². The largest absolute Gasteiger partial charge is 0.242 e.